The van der Waals surface area contributed by atoms with Crippen molar-refractivity contribution in [3.63, 3.8) is 0 Å². The van der Waals surface area contributed by atoms with Gasteiger partial charge >= 0.3 is 5.97 Å². The standard InChI is InChI=1S/C31H42Cl2N2O3/c1-30-13-11-24(38-29(37)19-21-3-6-23(7-4-21)35(17-15-32)18-16-33)20-22(30)5-8-25-26(30)12-14-31(2)27(25)9-10-28(36)34-31/h3-7,24-27H,8-20H2,1-2H3,(H,34,36)/t24-,25+,26-,27-,30-,31-/m0/s1. The fraction of sp³-hybridized carbons (Fsp3) is 0.677. The van der Waals surface area contributed by atoms with Crippen molar-refractivity contribution in [3.05, 3.63) is 41.5 Å². The molecule has 7 heteroatoms. The molecule has 1 amide bonds. The van der Waals surface area contributed by atoms with Gasteiger partial charge in [-0.2, -0.15) is 0 Å². The summed E-state index contributed by atoms with van der Waals surface area (Å²) in [4.78, 5) is 27.2. The van der Waals surface area contributed by atoms with E-state index in [0.29, 0.717) is 35.9 Å². The molecule has 1 aromatic rings. The first-order valence-corrected chi connectivity index (χ1v) is 15.5. The molecule has 1 N–H and O–H groups in total. The summed E-state index contributed by atoms with van der Waals surface area (Å²) >= 11 is 11.9. The molecule has 0 spiro atoms. The molecule has 0 aromatic heterocycles. The summed E-state index contributed by atoms with van der Waals surface area (Å²) in [6, 6.07) is 8.06. The van der Waals surface area contributed by atoms with Crippen LogP contribution in [-0.2, 0) is 20.7 Å². The first kappa shape index (κ1) is 27.8. The Labute approximate surface area is 237 Å². The Bertz CT molecular complexity index is 1050. The number of carbonyl (C=O) groups excluding carboxylic acids is 2. The van der Waals surface area contributed by atoms with Crippen LogP contribution in [0.3, 0.4) is 0 Å². The fourth-order valence-corrected chi connectivity index (χ4v) is 8.60. The second kappa shape index (κ2) is 11.4. The number of hydrogen-bond acceptors (Lipinski definition) is 4. The van der Waals surface area contributed by atoms with Gasteiger partial charge < -0.3 is 15.0 Å². The van der Waals surface area contributed by atoms with Gasteiger partial charge in [0, 0.05) is 48.9 Å². The highest BCUT2D eigenvalue weighted by Crippen LogP contribution is 2.60. The summed E-state index contributed by atoms with van der Waals surface area (Å²) in [7, 11) is 0. The molecule has 3 fully saturated rings. The van der Waals surface area contributed by atoms with Crippen LogP contribution in [0.25, 0.3) is 0 Å². The Morgan fingerprint density at radius 3 is 2.50 bits per heavy atom. The number of esters is 1. The number of nitrogens with zero attached hydrogens (tertiary/aromatic N) is 1. The molecule has 208 valence electrons. The molecule has 0 unspecified atom stereocenters. The SMILES string of the molecule is C[C@]12CC[C@H](OC(=O)Cc3ccc(N(CCCl)CCCl)cc3)CC1=CC[C@@H]1[C@@H]2CC[C@]2(C)NC(=O)CC[C@@H]12. The highest BCUT2D eigenvalue weighted by Gasteiger charge is 2.56. The van der Waals surface area contributed by atoms with Gasteiger partial charge in [0.1, 0.15) is 6.10 Å². The zero-order valence-corrected chi connectivity index (χ0v) is 24.3. The van der Waals surface area contributed by atoms with Crippen molar-refractivity contribution in [2.45, 2.75) is 83.3 Å². The quantitative estimate of drug-likeness (QED) is 0.231. The maximum absolute atomic E-state index is 12.9. The van der Waals surface area contributed by atoms with Crippen molar-refractivity contribution in [3.8, 4) is 0 Å². The summed E-state index contributed by atoms with van der Waals surface area (Å²) in [5, 5.41) is 3.35. The first-order valence-electron chi connectivity index (χ1n) is 14.4. The van der Waals surface area contributed by atoms with Gasteiger partial charge in [-0.25, -0.2) is 0 Å². The largest absolute Gasteiger partial charge is 0.462 e. The van der Waals surface area contributed by atoms with Crippen LogP contribution in [0.4, 0.5) is 5.69 Å². The number of carbonyl (C=O) groups is 2. The highest BCUT2D eigenvalue weighted by molar-refractivity contribution is 6.18. The van der Waals surface area contributed by atoms with Crippen molar-refractivity contribution in [1.29, 1.82) is 0 Å². The molecule has 1 saturated heterocycles. The maximum atomic E-state index is 12.9. The van der Waals surface area contributed by atoms with Gasteiger partial charge in [-0.1, -0.05) is 30.7 Å². The third-order valence-electron chi connectivity index (χ3n) is 10.2. The molecule has 38 heavy (non-hydrogen) atoms. The molecule has 0 radical (unpaired) electrons. The van der Waals surface area contributed by atoms with Crippen LogP contribution in [0.2, 0.25) is 0 Å². The van der Waals surface area contributed by atoms with E-state index in [9.17, 15) is 9.59 Å². The van der Waals surface area contributed by atoms with Crippen LogP contribution >= 0.6 is 23.2 Å². The maximum Gasteiger partial charge on any atom is 0.310 e. The molecule has 2 saturated carbocycles. The summed E-state index contributed by atoms with van der Waals surface area (Å²) in [6.07, 6.45) is 10.6. The third kappa shape index (κ3) is 5.47. The summed E-state index contributed by atoms with van der Waals surface area (Å²) in [5.41, 5.74) is 3.66. The van der Waals surface area contributed by atoms with Crippen molar-refractivity contribution in [1.82, 2.24) is 5.32 Å². The number of allylic oxidation sites excluding steroid dienone is 1. The van der Waals surface area contributed by atoms with Crippen molar-refractivity contribution in [2.75, 3.05) is 29.7 Å². The van der Waals surface area contributed by atoms with Crippen molar-refractivity contribution < 1.29 is 14.3 Å². The molecule has 3 aliphatic carbocycles. The molecule has 0 bridgehead atoms. The predicted molar refractivity (Wildman–Crippen MR) is 154 cm³/mol. The summed E-state index contributed by atoms with van der Waals surface area (Å²) in [5.74, 6) is 3.01. The van der Waals surface area contributed by atoms with E-state index < -0.39 is 0 Å². The molecular weight excluding hydrogens is 519 g/mol. The smallest absolute Gasteiger partial charge is 0.310 e. The average molecular weight is 562 g/mol. The minimum Gasteiger partial charge on any atom is -0.462 e. The van der Waals surface area contributed by atoms with E-state index in [4.69, 9.17) is 27.9 Å². The Morgan fingerprint density at radius 2 is 1.79 bits per heavy atom. The van der Waals surface area contributed by atoms with Crippen molar-refractivity contribution in [2.24, 2.45) is 23.2 Å². The Balaban J connectivity index is 1.19. The van der Waals surface area contributed by atoms with Gasteiger partial charge in [-0.05, 0) is 86.3 Å². The van der Waals surface area contributed by atoms with E-state index in [0.717, 1.165) is 62.9 Å². The van der Waals surface area contributed by atoms with E-state index in [1.54, 1.807) is 0 Å². The van der Waals surface area contributed by atoms with E-state index >= 15 is 0 Å². The van der Waals surface area contributed by atoms with E-state index in [1.807, 2.05) is 24.3 Å². The number of ether oxygens (including phenoxy) is 1. The van der Waals surface area contributed by atoms with Crippen LogP contribution in [0, 0.1) is 23.2 Å². The van der Waals surface area contributed by atoms with Crippen LogP contribution in [-0.4, -0.2) is 48.4 Å². The molecule has 6 atom stereocenters. The molecule has 1 aromatic carbocycles. The number of benzene rings is 1. The molecule has 4 aliphatic rings. The number of alkyl halides is 2. The normalized spacial score (nSPS) is 34.2. The van der Waals surface area contributed by atoms with Crippen LogP contribution in [0.1, 0.15) is 70.8 Å². The number of anilines is 1. The monoisotopic (exact) mass is 560 g/mol. The number of amides is 1. The van der Waals surface area contributed by atoms with Gasteiger partial charge in [-0.15, -0.1) is 23.2 Å². The summed E-state index contributed by atoms with van der Waals surface area (Å²) < 4.78 is 6.02. The lowest BCUT2D eigenvalue weighted by Gasteiger charge is -2.59. The zero-order chi connectivity index (χ0) is 26.9. The Hall–Kier alpha value is -1.72. The number of rotatable bonds is 8. The molecular formula is C31H42Cl2N2O3. The van der Waals surface area contributed by atoms with Gasteiger partial charge in [0.05, 0.1) is 6.42 Å². The number of piperidine rings is 1. The van der Waals surface area contributed by atoms with E-state index in [2.05, 4.69) is 30.1 Å². The molecule has 5 rings (SSSR count). The summed E-state index contributed by atoms with van der Waals surface area (Å²) in [6.45, 7) is 6.21. The minimum atomic E-state index is -0.148. The third-order valence-corrected chi connectivity index (χ3v) is 10.6. The lowest BCUT2D eigenvalue weighted by molar-refractivity contribution is -0.151. The Morgan fingerprint density at radius 1 is 1.05 bits per heavy atom. The number of fused-ring (bicyclic) bond motifs is 5. The van der Waals surface area contributed by atoms with Crippen LogP contribution in [0.5, 0.6) is 0 Å². The van der Waals surface area contributed by atoms with Gasteiger partial charge in [0.15, 0.2) is 0 Å². The Kier molecular flexibility index (Phi) is 8.36. The molecule has 5 nitrogen and oxygen atoms in total. The highest BCUT2D eigenvalue weighted by atomic mass is 35.5. The lowest BCUT2D eigenvalue weighted by atomic mass is 9.48. The average Bonchev–Trinajstić information content (AvgIpc) is 2.88. The topological polar surface area (TPSA) is 58.6 Å². The van der Waals surface area contributed by atoms with E-state index in [1.165, 1.54) is 12.0 Å². The van der Waals surface area contributed by atoms with E-state index in [-0.39, 0.29) is 35.4 Å². The zero-order valence-electron chi connectivity index (χ0n) is 22.8. The minimum absolute atomic E-state index is 0.0385. The van der Waals surface area contributed by atoms with Gasteiger partial charge in [0.2, 0.25) is 5.91 Å². The fourth-order valence-electron chi connectivity index (χ4n) is 8.20. The van der Waals surface area contributed by atoms with Crippen molar-refractivity contribution >= 4 is 40.8 Å². The second-order valence-electron chi connectivity index (χ2n) is 12.4. The lowest BCUT2D eigenvalue weighted by Crippen LogP contribution is -2.62. The molecule has 1 aliphatic heterocycles. The van der Waals surface area contributed by atoms with Crippen LogP contribution in [0.15, 0.2) is 35.9 Å². The van der Waals surface area contributed by atoms with Gasteiger partial charge in [0.25, 0.3) is 0 Å². The number of halogens is 2. The number of hydrogen-bond donors (Lipinski definition) is 1. The number of nitrogens with one attached hydrogen (secondary N) is 1. The molecule has 1 heterocycles. The van der Waals surface area contributed by atoms with Gasteiger partial charge in [-0.3, -0.25) is 9.59 Å². The first-order chi connectivity index (χ1) is 18.3. The predicted octanol–water partition coefficient (Wildman–Crippen LogP) is 6.26. The van der Waals surface area contributed by atoms with Crippen LogP contribution < -0.4 is 10.2 Å². The second-order valence-corrected chi connectivity index (χ2v) is 13.1.